The number of carbonyl (C=O) groups excluding carboxylic acids is 2. The van der Waals surface area contributed by atoms with E-state index in [2.05, 4.69) is 23.8 Å². The molecule has 21 heavy (non-hydrogen) atoms. The lowest BCUT2D eigenvalue weighted by atomic mass is 10.4. The molecule has 2 amide bonds. The van der Waals surface area contributed by atoms with E-state index in [4.69, 9.17) is 8.85 Å². The first-order chi connectivity index (χ1) is 10.0. The summed E-state index contributed by atoms with van der Waals surface area (Å²) in [5.41, 5.74) is 0. The first kappa shape index (κ1) is 19.6. The average Bonchev–Trinajstić information content (AvgIpc) is 2.53. The molecule has 0 aromatic rings. The van der Waals surface area contributed by atoms with E-state index in [-0.39, 0.29) is 11.8 Å². The zero-order valence-corrected chi connectivity index (χ0v) is 13.9. The van der Waals surface area contributed by atoms with Crippen LogP contribution in [0.25, 0.3) is 0 Å². The van der Waals surface area contributed by atoms with E-state index in [1.807, 2.05) is 0 Å². The molecule has 120 valence electrons. The van der Waals surface area contributed by atoms with Gasteiger partial charge in [-0.2, -0.15) is 0 Å². The Labute approximate surface area is 127 Å². The monoisotopic (exact) mass is 314 g/mol. The first-order valence-corrected chi connectivity index (χ1v) is 9.17. The van der Waals surface area contributed by atoms with E-state index in [0.717, 1.165) is 24.9 Å². The molecule has 0 spiro atoms. The zero-order valence-electron chi connectivity index (χ0n) is 12.9. The number of hydrogen-bond donors (Lipinski definition) is 2. The van der Waals surface area contributed by atoms with Gasteiger partial charge in [-0.1, -0.05) is 13.2 Å². The van der Waals surface area contributed by atoms with Gasteiger partial charge in [0.2, 0.25) is 11.8 Å². The standard InChI is InChI=1S/C14H26N2O4Si/c1-5-13(17)15-9-7-11-21(19-3,20-4)12-8-10-16-14(18)6-2/h5-6H,1-2,7-12H2,3-4H3,(H,15,17)(H,16,18). The molecule has 0 bridgehead atoms. The summed E-state index contributed by atoms with van der Waals surface area (Å²) in [5.74, 6) is -0.353. The lowest BCUT2D eigenvalue weighted by molar-refractivity contribution is -0.117. The molecule has 0 atom stereocenters. The summed E-state index contributed by atoms with van der Waals surface area (Å²) in [5, 5.41) is 5.46. The molecule has 0 saturated heterocycles. The Kier molecular flexibility index (Phi) is 10.5. The van der Waals surface area contributed by atoms with E-state index >= 15 is 0 Å². The maximum atomic E-state index is 11.0. The van der Waals surface area contributed by atoms with Gasteiger partial charge in [-0.25, -0.2) is 0 Å². The summed E-state index contributed by atoms with van der Waals surface area (Å²) in [6, 6.07) is 1.57. The Hall–Kier alpha value is -1.44. The minimum absolute atomic E-state index is 0.177. The minimum atomic E-state index is -2.26. The second-order valence-corrected chi connectivity index (χ2v) is 8.15. The SMILES string of the molecule is C=CC(=O)NCCC[Si](CCCNC(=O)C=C)(OC)OC. The van der Waals surface area contributed by atoms with Crippen molar-refractivity contribution in [1.82, 2.24) is 10.6 Å². The van der Waals surface area contributed by atoms with Crippen LogP contribution in [0.15, 0.2) is 25.3 Å². The van der Waals surface area contributed by atoms with Crippen LogP contribution in [0.2, 0.25) is 12.1 Å². The maximum absolute atomic E-state index is 11.0. The molecule has 0 radical (unpaired) electrons. The van der Waals surface area contributed by atoms with Crippen LogP contribution >= 0.6 is 0 Å². The van der Waals surface area contributed by atoms with E-state index in [9.17, 15) is 9.59 Å². The van der Waals surface area contributed by atoms with Crippen LogP contribution in [-0.4, -0.2) is 47.7 Å². The lowest BCUT2D eigenvalue weighted by Gasteiger charge is -2.27. The van der Waals surface area contributed by atoms with Gasteiger partial charge >= 0.3 is 8.56 Å². The molecule has 0 aromatic carbocycles. The number of carbonyl (C=O) groups is 2. The third-order valence-electron chi connectivity index (χ3n) is 3.18. The van der Waals surface area contributed by atoms with Gasteiger partial charge in [0, 0.05) is 27.3 Å². The highest BCUT2D eigenvalue weighted by Crippen LogP contribution is 2.20. The molecule has 0 unspecified atom stereocenters. The molecular weight excluding hydrogens is 288 g/mol. The van der Waals surface area contributed by atoms with Gasteiger partial charge in [-0.05, 0) is 37.1 Å². The molecule has 2 N–H and O–H groups in total. The molecule has 0 aromatic heterocycles. The Morgan fingerprint density at radius 2 is 1.33 bits per heavy atom. The molecule has 6 nitrogen and oxygen atoms in total. The van der Waals surface area contributed by atoms with Crippen LogP contribution in [0, 0.1) is 0 Å². The van der Waals surface area contributed by atoms with Crippen molar-refractivity contribution in [3.8, 4) is 0 Å². The normalized spacial score (nSPS) is 10.8. The quantitative estimate of drug-likeness (QED) is 0.321. The van der Waals surface area contributed by atoms with E-state index in [0.29, 0.717) is 13.1 Å². The molecule has 0 aliphatic rings. The Morgan fingerprint density at radius 1 is 0.952 bits per heavy atom. The highest BCUT2D eigenvalue weighted by Gasteiger charge is 2.34. The van der Waals surface area contributed by atoms with Crippen molar-refractivity contribution in [1.29, 1.82) is 0 Å². The molecule has 7 heteroatoms. The molecule has 0 aliphatic heterocycles. The number of rotatable bonds is 12. The van der Waals surface area contributed by atoms with Crippen LogP contribution in [0.5, 0.6) is 0 Å². The minimum Gasteiger partial charge on any atom is -0.398 e. The summed E-state index contributed by atoms with van der Waals surface area (Å²) in [4.78, 5) is 22.1. The van der Waals surface area contributed by atoms with Crippen molar-refractivity contribution >= 4 is 20.4 Å². The number of amides is 2. The van der Waals surface area contributed by atoms with Gasteiger partial charge in [0.15, 0.2) is 0 Å². The van der Waals surface area contributed by atoms with Crippen LogP contribution in [0.4, 0.5) is 0 Å². The third-order valence-corrected chi connectivity index (χ3v) is 6.90. The predicted octanol–water partition coefficient (Wildman–Crippen LogP) is 1.11. The van der Waals surface area contributed by atoms with Crippen molar-refractivity contribution in [2.45, 2.75) is 24.9 Å². The molecule has 0 fully saturated rings. The Bertz CT molecular complexity index is 327. The average molecular weight is 314 g/mol. The van der Waals surface area contributed by atoms with E-state index in [1.165, 1.54) is 12.2 Å². The fourth-order valence-corrected chi connectivity index (χ4v) is 4.56. The Balaban J connectivity index is 4.10. The highest BCUT2D eigenvalue weighted by molar-refractivity contribution is 6.67. The third kappa shape index (κ3) is 8.44. The molecule has 0 heterocycles. The number of hydrogen-bond acceptors (Lipinski definition) is 4. The summed E-state index contributed by atoms with van der Waals surface area (Å²) >= 11 is 0. The van der Waals surface area contributed by atoms with Gasteiger partial charge in [0.05, 0.1) is 0 Å². The smallest absolute Gasteiger partial charge is 0.337 e. The van der Waals surface area contributed by atoms with Gasteiger partial charge in [-0.3, -0.25) is 9.59 Å². The maximum Gasteiger partial charge on any atom is 0.337 e. The predicted molar refractivity (Wildman–Crippen MR) is 85.0 cm³/mol. The van der Waals surface area contributed by atoms with Gasteiger partial charge in [-0.15, -0.1) is 0 Å². The van der Waals surface area contributed by atoms with E-state index in [1.54, 1.807) is 14.2 Å². The molecule has 0 saturated carbocycles. The van der Waals surface area contributed by atoms with Crippen LogP contribution in [0.3, 0.4) is 0 Å². The second kappa shape index (κ2) is 11.2. The molecule has 0 aliphatic carbocycles. The molecule has 0 rings (SSSR count). The highest BCUT2D eigenvalue weighted by atomic mass is 28.4. The summed E-state index contributed by atoms with van der Waals surface area (Å²) in [7, 11) is 1.04. The first-order valence-electron chi connectivity index (χ1n) is 6.94. The van der Waals surface area contributed by atoms with Crippen molar-refractivity contribution in [3.05, 3.63) is 25.3 Å². The topological polar surface area (TPSA) is 76.7 Å². The van der Waals surface area contributed by atoms with Gasteiger partial charge in [0.25, 0.3) is 0 Å². The molecular formula is C14H26N2O4Si. The van der Waals surface area contributed by atoms with Gasteiger partial charge in [0.1, 0.15) is 0 Å². The van der Waals surface area contributed by atoms with Gasteiger partial charge < -0.3 is 19.5 Å². The van der Waals surface area contributed by atoms with Crippen LogP contribution in [0.1, 0.15) is 12.8 Å². The fourth-order valence-electron chi connectivity index (χ4n) is 1.90. The van der Waals surface area contributed by atoms with Crippen LogP contribution < -0.4 is 10.6 Å². The second-order valence-electron chi connectivity index (χ2n) is 4.52. The van der Waals surface area contributed by atoms with Crippen molar-refractivity contribution in [2.24, 2.45) is 0 Å². The summed E-state index contributed by atoms with van der Waals surface area (Å²) in [6.07, 6.45) is 4.07. The summed E-state index contributed by atoms with van der Waals surface area (Å²) < 4.78 is 11.2. The largest absolute Gasteiger partial charge is 0.398 e. The van der Waals surface area contributed by atoms with E-state index < -0.39 is 8.56 Å². The fraction of sp³-hybridized carbons (Fsp3) is 0.571. The zero-order chi connectivity index (χ0) is 16.1. The van der Waals surface area contributed by atoms with Crippen LogP contribution in [-0.2, 0) is 18.4 Å². The Morgan fingerprint density at radius 3 is 1.62 bits per heavy atom. The lowest BCUT2D eigenvalue weighted by Crippen LogP contribution is -2.41. The van der Waals surface area contributed by atoms with Crippen molar-refractivity contribution in [2.75, 3.05) is 27.3 Å². The summed E-state index contributed by atoms with van der Waals surface area (Å²) in [6.45, 7) is 7.93. The van der Waals surface area contributed by atoms with Crippen molar-refractivity contribution in [3.63, 3.8) is 0 Å². The number of nitrogens with one attached hydrogen (secondary N) is 2. The van der Waals surface area contributed by atoms with Crippen molar-refractivity contribution < 1.29 is 18.4 Å².